The van der Waals surface area contributed by atoms with Crippen LogP contribution in [0.25, 0.3) is 22.1 Å². The van der Waals surface area contributed by atoms with Crippen LogP contribution in [0.5, 0.6) is 17.2 Å². The summed E-state index contributed by atoms with van der Waals surface area (Å²) < 4.78 is 5.32. The lowest BCUT2D eigenvalue weighted by atomic mass is 10.0. The molecule has 1 aromatic heterocycles. The summed E-state index contributed by atoms with van der Waals surface area (Å²) in [6, 6.07) is 8.57. The molecule has 0 fully saturated rings. The Morgan fingerprint density at radius 2 is 1.70 bits per heavy atom. The van der Waals surface area contributed by atoms with E-state index in [1.807, 2.05) is 0 Å². The van der Waals surface area contributed by atoms with Gasteiger partial charge < -0.3 is 19.7 Å². The lowest BCUT2D eigenvalue weighted by Gasteiger charge is -2.05. The average Bonchev–Trinajstić information content (AvgIpc) is 2.42. The van der Waals surface area contributed by atoms with Crippen LogP contribution in [0.15, 0.2) is 51.9 Å². The lowest BCUT2D eigenvalue weighted by Crippen LogP contribution is -2.04. The van der Waals surface area contributed by atoms with E-state index >= 15 is 0 Å². The molecule has 5 nitrogen and oxygen atoms in total. The Labute approximate surface area is 113 Å². The molecule has 3 rings (SSSR count). The van der Waals surface area contributed by atoms with Crippen molar-refractivity contribution in [2.75, 3.05) is 0 Å². The first-order valence-corrected chi connectivity index (χ1v) is 5.84. The number of rotatable bonds is 1. The zero-order chi connectivity index (χ0) is 14.3. The van der Waals surface area contributed by atoms with Crippen molar-refractivity contribution in [1.82, 2.24) is 0 Å². The Balaban J connectivity index is 2.32. The fourth-order valence-electron chi connectivity index (χ4n) is 2.05. The van der Waals surface area contributed by atoms with E-state index in [1.54, 1.807) is 12.1 Å². The Morgan fingerprint density at radius 1 is 0.900 bits per heavy atom. The van der Waals surface area contributed by atoms with Crippen LogP contribution in [0, 0.1) is 0 Å². The number of hydrogen-bond donors (Lipinski definition) is 3. The fourth-order valence-corrected chi connectivity index (χ4v) is 2.05. The van der Waals surface area contributed by atoms with Crippen LogP contribution >= 0.6 is 0 Å². The zero-order valence-electron chi connectivity index (χ0n) is 10.2. The van der Waals surface area contributed by atoms with Gasteiger partial charge in [0.05, 0.1) is 5.56 Å². The van der Waals surface area contributed by atoms with E-state index in [0.29, 0.717) is 5.56 Å². The summed E-state index contributed by atoms with van der Waals surface area (Å²) in [6.07, 6.45) is 1.26. The minimum atomic E-state index is -0.408. The molecule has 20 heavy (non-hydrogen) atoms. The first-order chi connectivity index (χ1) is 9.58. The van der Waals surface area contributed by atoms with Crippen molar-refractivity contribution in [1.29, 1.82) is 0 Å². The molecule has 0 spiro atoms. The topological polar surface area (TPSA) is 90.9 Å². The molecule has 3 aromatic rings. The molecule has 0 radical (unpaired) electrons. The molecule has 2 aromatic carbocycles. The Hall–Kier alpha value is -2.95. The van der Waals surface area contributed by atoms with Crippen LogP contribution in [-0.4, -0.2) is 15.3 Å². The normalized spacial score (nSPS) is 10.8. The van der Waals surface area contributed by atoms with E-state index in [9.17, 15) is 20.1 Å². The van der Waals surface area contributed by atoms with E-state index < -0.39 is 5.43 Å². The second-order valence-electron chi connectivity index (χ2n) is 4.33. The molecular weight excluding hydrogens is 260 g/mol. The molecule has 0 saturated heterocycles. The van der Waals surface area contributed by atoms with Gasteiger partial charge in [-0.05, 0) is 29.8 Å². The van der Waals surface area contributed by atoms with Gasteiger partial charge in [-0.2, -0.15) is 0 Å². The summed E-state index contributed by atoms with van der Waals surface area (Å²) in [5.41, 5.74) is 0.449. The van der Waals surface area contributed by atoms with E-state index in [4.69, 9.17) is 4.42 Å². The van der Waals surface area contributed by atoms with Gasteiger partial charge >= 0.3 is 0 Å². The van der Waals surface area contributed by atoms with Crippen LogP contribution < -0.4 is 5.43 Å². The van der Waals surface area contributed by atoms with Crippen LogP contribution in [0.1, 0.15) is 0 Å². The Morgan fingerprint density at radius 3 is 2.45 bits per heavy atom. The van der Waals surface area contributed by atoms with Gasteiger partial charge in [0.25, 0.3) is 0 Å². The number of aromatic hydroxyl groups is 3. The first-order valence-electron chi connectivity index (χ1n) is 5.84. The van der Waals surface area contributed by atoms with Gasteiger partial charge in [0.1, 0.15) is 23.0 Å². The predicted molar refractivity (Wildman–Crippen MR) is 72.9 cm³/mol. The molecule has 0 saturated carbocycles. The Bertz CT molecular complexity index is 864. The zero-order valence-corrected chi connectivity index (χ0v) is 10.2. The third-order valence-corrected chi connectivity index (χ3v) is 3.07. The van der Waals surface area contributed by atoms with Gasteiger partial charge in [0.15, 0.2) is 11.5 Å². The second-order valence-corrected chi connectivity index (χ2v) is 4.33. The summed E-state index contributed by atoms with van der Waals surface area (Å²) in [4.78, 5) is 12.4. The third-order valence-electron chi connectivity index (χ3n) is 3.07. The SMILES string of the molecule is O=c1c(-c2ccc(O)c(O)c2)coc2cccc(O)c12. The lowest BCUT2D eigenvalue weighted by molar-refractivity contribution is 0.404. The Kier molecular flexibility index (Phi) is 2.61. The van der Waals surface area contributed by atoms with E-state index in [-0.39, 0.29) is 33.8 Å². The minimum Gasteiger partial charge on any atom is -0.507 e. The molecule has 0 atom stereocenters. The van der Waals surface area contributed by atoms with E-state index in [1.165, 1.54) is 30.5 Å². The smallest absolute Gasteiger partial charge is 0.204 e. The molecule has 0 aliphatic carbocycles. The van der Waals surface area contributed by atoms with Gasteiger partial charge in [-0.15, -0.1) is 0 Å². The molecule has 0 amide bonds. The van der Waals surface area contributed by atoms with Crippen molar-refractivity contribution in [2.45, 2.75) is 0 Å². The second kappa shape index (κ2) is 4.31. The van der Waals surface area contributed by atoms with E-state index in [0.717, 1.165) is 0 Å². The molecule has 3 N–H and O–H groups in total. The van der Waals surface area contributed by atoms with Gasteiger partial charge in [-0.25, -0.2) is 0 Å². The summed E-state index contributed by atoms with van der Waals surface area (Å²) in [5.74, 6) is -0.776. The van der Waals surface area contributed by atoms with Crippen LogP contribution in [0.4, 0.5) is 0 Å². The number of benzene rings is 2. The van der Waals surface area contributed by atoms with Crippen molar-refractivity contribution < 1.29 is 19.7 Å². The minimum absolute atomic E-state index is 0.0811. The van der Waals surface area contributed by atoms with Crippen molar-refractivity contribution in [3.63, 3.8) is 0 Å². The van der Waals surface area contributed by atoms with Crippen molar-refractivity contribution in [3.05, 3.63) is 52.9 Å². The molecule has 100 valence electrons. The molecule has 5 heteroatoms. The monoisotopic (exact) mass is 270 g/mol. The first kappa shape index (κ1) is 12.1. The standard InChI is InChI=1S/C15H10O5/c16-10-5-4-8(6-12(10)18)9-7-20-13-3-1-2-11(17)14(13)15(9)19/h1-7,16-18H. The van der Waals surface area contributed by atoms with Crippen LogP contribution in [0.2, 0.25) is 0 Å². The molecule has 0 bridgehead atoms. The number of phenolic OH excluding ortho intramolecular Hbond substituents is 3. The molecular formula is C15H10O5. The largest absolute Gasteiger partial charge is 0.507 e. The van der Waals surface area contributed by atoms with Crippen molar-refractivity contribution >= 4 is 11.0 Å². The quantitative estimate of drug-likeness (QED) is 0.591. The molecule has 1 heterocycles. The maximum Gasteiger partial charge on any atom is 0.204 e. The highest BCUT2D eigenvalue weighted by molar-refractivity contribution is 5.86. The predicted octanol–water partition coefficient (Wildman–Crippen LogP) is 2.58. The van der Waals surface area contributed by atoms with Crippen molar-refractivity contribution in [2.24, 2.45) is 0 Å². The maximum absolute atomic E-state index is 12.4. The van der Waals surface area contributed by atoms with Crippen molar-refractivity contribution in [3.8, 4) is 28.4 Å². The van der Waals surface area contributed by atoms with Crippen LogP contribution in [-0.2, 0) is 0 Å². The average molecular weight is 270 g/mol. The van der Waals surface area contributed by atoms with E-state index in [2.05, 4.69) is 0 Å². The van der Waals surface area contributed by atoms with Crippen LogP contribution in [0.3, 0.4) is 0 Å². The maximum atomic E-state index is 12.4. The van der Waals surface area contributed by atoms with Gasteiger partial charge in [-0.3, -0.25) is 4.79 Å². The number of fused-ring (bicyclic) bond motifs is 1. The highest BCUT2D eigenvalue weighted by Crippen LogP contribution is 2.31. The number of phenols is 3. The summed E-state index contributed by atoms with van der Waals surface area (Å²) >= 11 is 0. The molecule has 0 unspecified atom stereocenters. The summed E-state index contributed by atoms with van der Waals surface area (Å²) in [6.45, 7) is 0. The highest BCUT2D eigenvalue weighted by Gasteiger charge is 2.13. The molecule has 0 aliphatic heterocycles. The third kappa shape index (κ3) is 1.76. The van der Waals surface area contributed by atoms with Gasteiger partial charge in [0, 0.05) is 0 Å². The highest BCUT2D eigenvalue weighted by atomic mass is 16.3. The number of hydrogen-bond acceptors (Lipinski definition) is 5. The summed E-state index contributed by atoms with van der Waals surface area (Å²) in [7, 11) is 0. The fraction of sp³-hybridized carbons (Fsp3) is 0. The van der Waals surface area contributed by atoms with Gasteiger partial charge in [-0.1, -0.05) is 12.1 Å². The molecule has 0 aliphatic rings. The summed E-state index contributed by atoms with van der Waals surface area (Å²) in [5, 5.41) is 28.6. The van der Waals surface area contributed by atoms with Gasteiger partial charge in [0.2, 0.25) is 5.43 Å².